The summed E-state index contributed by atoms with van der Waals surface area (Å²) in [5, 5.41) is 11.9. The summed E-state index contributed by atoms with van der Waals surface area (Å²) in [5.74, 6) is -1.17. The topological polar surface area (TPSA) is 92.7 Å². The van der Waals surface area contributed by atoms with Crippen LogP contribution in [0.5, 0.6) is 0 Å². The highest BCUT2D eigenvalue weighted by Gasteiger charge is 2.30. The molecule has 0 saturated carbocycles. The number of aliphatic carboxylic acids is 1. The maximum atomic E-state index is 12.3. The third-order valence-electron chi connectivity index (χ3n) is 5.67. The van der Waals surface area contributed by atoms with Gasteiger partial charge in [0.1, 0.15) is 18.4 Å². The van der Waals surface area contributed by atoms with Crippen molar-refractivity contribution in [1.29, 1.82) is 0 Å². The van der Waals surface area contributed by atoms with Gasteiger partial charge in [-0.3, -0.25) is 4.79 Å². The van der Waals surface area contributed by atoms with Gasteiger partial charge >= 0.3 is 12.1 Å². The van der Waals surface area contributed by atoms with E-state index in [0.717, 1.165) is 22.3 Å². The number of hydrogen-bond acceptors (Lipinski definition) is 4. The Morgan fingerprint density at radius 1 is 1.00 bits per heavy atom. The number of Topliss-reactive ketones (excluding diaryl/α,β-unsaturated/α-hetero) is 1. The minimum absolute atomic E-state index is 0.0674. The number of carboxylic acids is 1. The van der Waals surface area contributed by atoms with Gasteiger partial charge in [0, 0.05) is 17.8 Å². The van der Waals surface area contributed by atoms with E-state index < -0.39 is 23.5 Å². The van der Waals surface area contributed by atoms with Crippen molar-refractivity contribution in [1.82, 2.24) is 5.32 Å². The second-order valence-corrected chi connectivity index (χ2v) is 8.93. The first-order chi connectivity index (χ1) is 14.7. The lowest BCUT2D eigenvalue weighted by molar-refractivity contribution is -0.139. The number of benzene rings is 2. The van der Waals surface area contributed by atoms with Crippen LogP contribution in [0.25, 0.3) is 11.1 Å². The summed E-state index contributed by atoms with van der Waals surface area (Å²) in [6.07, 6.45) is 0.0639. The molecule has 0 bridgehead atoms. The Hall–Kier alpha value is -3.15. The molecule has 0 fully saturated rings. The van der Waals surface area contributed by atoms with Gasteiger partial charge in [-0.05, 0) is 35.1 Å². The summed E-state index contributed by atoms with van der Waals surface area (Å²) < 4.78 is 5.42. The quantitative estimate of drug-likeness (QED) is 0.638. The summed E-state index contributed by atoms with van der Waals surface area (Å²) in [4.78, 5) is 35.9. The number of ketones is 1. The van der Waals surface area contributed by atoms with E-state index in [1.54, 1.807) is 0 Å². The van der Waals surface area contributed by atoms with Gasteiger partial charge in [0.25, 0.3) is 0 Å². The van der Waals surface area contributed by atoms with E-state index in [4.69, 9.17) is 4.74 Å². The Balaban J connectivity index is 1.57. The average Bonchev–Trinajstić information content (AvgIpc) is 3.04. The zero-order valence-corrected chi connectivity index (χ0v) is 18.2. The lowest BCUT2D eigenvalue weighted by Crippen LogP contribution is -2.41. The second kappa shape index (κ2) is 9.33. The van der Waals surface area contributed by atoms with Gasteiger partial charge in [0.2, 0.25) is 0 Å². The highest BCUT2D eigenvalue weighted by atomic mass is 16.5. The molecule has 0 unspecified atom stereocenters. The number of alkyl carbamates (subject to hydrolysis) is 1. The SMILES string of the molecule is CC(C)(C)C(=O)CCC[C@H](NC(=O)OCC1c2ccccc2-c2ccccc21)C(=O)O. The first-order valence-corrected chi connectivity index (χ1v) is 10.6. The first-order valence-electron chi connectivity index (χ1n) is 10.6. The number of fused-ring (bicyclic) bond motifs is 3. The molecule has 2 N–H and O–H groups in total. The minimum atomic E-state index is -1.14. The minimum Gasteiger partial charge on any atom is -0.480 e. The number of carbonyl (C=O) groups excluding carboxylic acids is 2. The molecule has 1 atom stereocenters. The highest BCUT2D eigenvalue weighted by Crippen LogP contribution is 2.44. The molecule has 3 rings (SSSR count). The Bertz CT molecular complexity index is 930. The first kappa shape index (κ1) is 22.5. The van der Waals surface area contributed by atoms with Crippen molar-refractivity contribution in [2.45, 2.75) is 52.0 Å². The average molecular weight is 424 g/mol. The molecule has 1 amide bonds. The molecule has 0 aromatic heterocycles. The predicted molar refractivity (Wildman–Crippen MR) is 118 cm³/mol. The lowest BCUT2D eigenvalue weighted by Gasteiger charge is -2.19. The summed E-state index contributed by atoms with van der Waals surface area (Å²) in [5.41, 5.74) is 3.97. The van der Waals surface area contributed by atoms with Crippen molar-refractivity contribution in [3.8, 4) is 11.1 Å². The van der Waals surface area contributed by atoms with Crippen LogP contribution in [0, 0.1) is 5.41 Å². The monoisotopic (exact) mass is 423 g/mol. The van der Waals surface area contributed by atoms with E-state index in [1.165, 1.54) is 0 Å². The van der Waals surface area contributed by atoms with Crippen LogP contribution in [0.4, 0.5) is 4.79 Å². The van der Waals surface area contributed by atoms with Crippen molar-refractivity contribution >= 4 is 17.8 Å². The second-order valence-electron chi connectivity index (χ2n) is 8.93. The van der Waals surface area contributed by atoms with Crippen LogP contribution in [0.2, 0.25) is 0 Å². The molecule has 6 nitrogen and oxygen atoms in total. The number of ether oxygens (including phenoxy) is 1. The molecule has 2 aromatic rings. The maximum Gasteiger partial charge on any atom is 0.407 e. The number of hydrogen-bond donors (Lipinski definition) is 2. The van der Waals surface area contributed by atoms with Gasteiger partial charge < -0.3 is 15.2 Å². The van der Waals surface area contributed by atoms with Gasteiger partial charge in [0.15, 0.2) is 0 Å². The summed E-state index contributed by atoms with van der Waals surface area (Å²) in [7, 11) is 0. The van der Waals surface area contributed by atoms with Crippen LogP contribution in [0.3, 0.4) is 0 Å². The van der Waals surface area contributed by atoms with Gasteiger partial charge in [-0.25, -0.2) is 9.59 Å². The smallest absolute Gasteiger partial charge is 0.407 e. The zero-order chi connectivity index (χ0) is 22.6. The normalized spacial score (nSPS) is 13.8. The number of rotatable bonds is 8. The molecule has 1 aliphatic rings. The summed E-state index contributed by atoms with van der Waals surface area (Å²) in [6, 6.07) is 14.9. The van der Waals surface area contributed by atoms with Gasteiger partial charge in [-0.2, -0.15) is 0 Å². The number of amides is 1. The molecule has 6 heteroatoms. The molecule has 0 spiro atoms. The van der Waals surface area contributed by atoms with Crippen LogP contribution in [-0.4, -0.2) is 35.6 Å². The van der Waals surface area contributed by atoms with E-state index in [-0.39, 0.29) is 31.1 Å². The summed E-state index contributed by atoms with van der Waals surface area (Å²) >= 11 is 0. The molecule has 0 aliphatic heterocycles. The van der Waals surface area contributed by atoms with E-state index in [9.17, 15) is 19.5 Å². The van der Waals surface area contributed by atoms with Crippen molar-refractivity contribution < 1.29 is 24.2 Å². The van der Waals surface area contributed by atoms with E-state index in [0.29, 0.717) is 6.42 Å². The van der Waals surface area contributed by atoms with Crippen molar-refractivity contribution in [2.24, 2.45) is 5.41 Å². The van der Waals surface area contributed by atoms with Crippen LogP contribution in [0.15, 0.2) is 48.5 Å². The molecule has 2 aromatic carbocycles. The molecular formula is C25H29NO5. The maximum absolute atomic E-state index is 12.3. The molecular weight excluding hydrogens is 394 g/mol. The van der Waals surface area contributed by atoms with Crippen LogP contribution >= 0.6 is 0 Å². The molecule has 31 heavy (non-hydrogen) atoms. The van der Waals surface area contributed by atoms with Gasteiger partial charge in [-0.1, -0.05) is 69.3 Å². The molecule has 0 radical (unpaired) electrons. The van der Waals surface area contributed by atoms with Crippen molar-refractivity contribution in [3.05, 3.63) is 59.7 Å². The standard InChI is InChI=1S/C25H29NO5/c1-25(2,3)22(27)14-8-13-21(23(28)29)26-24(30)31-15-20-18-11-6-4-9-16(18)17-10-5-7-12-19(17)20/h4-7,9-12,20-21H,8,13-15H2,1-3H3,(H,26,30)(H,28,29)/t21-/m0/s1. The van der Waals surface area contributed by atoms with Crippen LogP contribution < -0.4 is 5.32 Å². The lowest BCUT2D eigenvalue weighted by atomic mass is 9.87. The Morgan fingerprint density at radius 2 is 1.55 bits per heavy atom. The zero-order valence-electron chi connectivity index (χ0n) is 18.2. The molecule has 0 heterocycles. The Morgan fingerprint density at radius 3 is 2.06 bits per heavy atom. The van der Waals surface area contributed by atoms with Crippen molar-refractivity contribution in [3.63, 3.8) is 0 Å². The van der Waals surface area contributed by atoms with E-state index in [2.05, 4.69) is 5.32 Å². The molecule has 1 aliphatic carbocycles. The number of carboxylic acid groups (broad SMARTS) is 1. The third kappa shape index (κ3) is 5.32. The third-order valence-corrected chi connectivity index (χ3v) is 5.67. The highest BCUT2D eigenvalue weighted by molar-refractivity contribution is 5.84. The largest absolute Gasteiger partial charge is 0.480 e. The predicted octanol–water partition coefficient (Wildman–Crippen LogP) is 4.76. The number of carbonyl (C=O) groups is 3. The number of nitrogens with one attached hydrogen (secondary N) is 1. The van der Waals surface area contributed by atoms with Gasteiger partial charge in [-0.15, -0.1) is 0 Å². The van der Waals surface area contributed by atoms with Crippen LogP contribution in [-0.2, 0) is 14.3 Å². The summed E-state index contributed by atoms with van der Waals surface area (Å²) in [6.45, 7) is 5.62. The van der Waals surface area contributed by atoms with E-state index in [1.807, 2.05) is 69.3 Å². The fourth-order valence-corrected chi connectivity index (χ4v) is 3.88. The fourth-order valence-electron chi connectivity index (χ4n) is 3.88. The Kier molecular flexibility index (Phi) is 6.78. The van der Waals surface area contributed by atoms with Crippen LogP contribution in [0.1, 0.15) is 57.1 Å². The Labute approximate surface area is 182 Å². The van der Waals surface area contributed by atoms with Gasteiger partial charge in [0.05, 0.1) is 0 Å². The van der Waals surface area contributed by atoms with E-state index >= 15 is 0 Å². The molecule has 164 valence electrons. The fraction of sp³-hybridized carbons (Fsp3) is 0.400. The van der Waals surface area contributed by atoms with Crippen molar-refractivity contribution in [2.75, 3.05) is 6.61 Å². The molecule has 0 saturated heterocycles.